The van der Waals surface area contributed by atoms with E-state index in [0.29, 0.717) is 11.3 Å². The smallest absolute Gasteiger partial charge is 0.255 e. The summed E-state index contributed by atoms with van der Waals surface area (Å²) in [6, 6.07) is 8.88. The molecule has 1 heterocycles. The van der Waals surface area contributed by atoms with Crippen molar-refractivity contribution in [2.75, 3.05) is 11.1 Å². The van der Waals surface area contributed by atoms with Gasteiger partial charge < -0.3 is 16.0 Å². The Morgan fingerprint density at radius 3 is 2.95 bits per heavy atom. The second kappa shape index (κ2) is 4.65. The number of imidazole rings is 1. The van der Waals surface area contributed by atoms with Gasteiger partial charge in [-0.2, -0.15) is 0 Å². The number of anilines is 2. The fourth-order valence-electron chi connectivity index (χ4n) is 1.91. The monoisotopic (exact) mass is 270 g/mol. The molecule has 100 valence electrons. The van der Waals surface area contributed by atoms with E-state index < -0.39 is 5.82 Å². The summed E-state index contributed by atoms with van der Waals surface area (Å²) >= 11 is 0. The van der Waals surface area contributed by atoms with Crippen LogP contribution in [-0.2, 0) is 0 Å². The largest absolute Gasteiger partial charge is 0.397 e. The van der Waals surface area contributed by atoms with E-state index in [1.54, 1.807) is 24.5 Å². The highest BCUT2D eigenvalue weighted by atomic mass is 19.1. The van der Waals surface area contributed by atoms with Crippen LogP contribution in [0.2, 0.25) is 0 Å². The number of amides is 1. The molecule has 6 heteroatoms. The van der Waals surface area contributed by atoms with Crippen molar-refractivity contribution < 1.29 is 9.18 Å². The Labute approximate surface area is 113 Å². The van der Waals surface area contributed by atoms with E-state index in [9.17, 15) is 9.18 Å². The van der Waals surface area contributed by atoms with E-state index in [2.05, 4.69) is 15.3 Å². The number of rotatable bonds is 2. The van der Waals surface area contributed by atoms with E-state index in [4.69, 9.17) is 5.73 Å². The third-order valence-electron chi connectivity index (χ3n) is 2.95. The van der Waals surface area contributed by atoms with Crippen LogP contribution in [0.15, 0.2) is 42.7 Å². The molecule has 0 aliphatic heterocycles. The number of carbonyl (C=O) groups excluding carboxylic acids is 1. The molecule has 0 aliphatic carbocycles. The molecule has 0 saturated carbocycles. The Morgan fingerprint density at radius 2 is 2.10 bits per heavy atom. The SMILES string of the molecule is Nc1ccc(F)cc1NC(=O)c1ccc2nc[nH]c2c1. The Hall–Kier alpha value is -2.89. The van der Waals surface area contributed by atoms with Crippen LogP contribution >= 0.6 is 0 Å². The van der Waals surface area contributed by atoms with Gasteiger partial charge in [-0.1, -0.05) is 0 Å². The summed E-state index contributed by atoms with van der Waals surface area (Å²) < 4.78 is 13.1. The standard InChI is InChI=1S/C14H11FN4O/c15-9-2-3-10(16)12(6-9)19-14(20)8-1-4-11-13(5-8)18-7-17-11/h1-7H,16H2,(H,17,18)(H,19,20). The number of benzene rings is 2. The minimum absolute atomic E-state index is 0.250. The number of carbonyl (C=O) groups is 1. The molecular weight excluding hydrogens is 259 g/mol. The summed E-state index contributed by atoms with van der Waals surface area (Å²) in [5, 5.41) is 2.59. The molecular formula is C14H11FN4O. The van der Waals surface area contributed by atoms with Gasteiger partial charge >= 0.3 is 0 Å². The minimum atomic E-state index is -0.460. The molecule has 4 N–H and O–H groups in total. The van der Waals surface area contributed by atoms with Crippen LogP contribution in [0, 0.1) is 5.82 Å². The van der Waals surface area contributed by atoms with Crippen molar-refractivity contribution in [3.63, 3.8) is 0 Å². The summed E-state index contributed by atoms with van der Waals surface area (Å²) in [5.74, 6) is -0.822. The van der Waals surface area contributed by atoms with Crippen LogP contribution in [0.4, 0.5) is 15.8 Å². The van der Waals surface area contributed by atoms with Gasteiger partial charge in [-0.05, 0) is 36.4 Å². The summed E-state index contributed by atoms with van der Waals surface area (Å²) in [6.07, 6.45) is 1.55. The van der Waals surface area contributed by atoms with Crippen LogP contribution in [0.3, 0.4) is 0 Å². The first-order valence-corrected chi connectivity index (χ1v) is 5.93. The fraction of sp³-hybridized carbons (Fsp3) is 0. The van der Waals surface area contributed by atoms with E-state index in [-0.39, 0.29) is 11.6 Å². The van der Waals surface area contributed by atoms with E-state index in [0.717, 1.165) is 11.0 Å². The van der Waals surface area contributed by atoms with Gasteiger partial charge in [0.2, 0.25) is 0 Å². The molecule has 0 unspecified atom stereocenters. The van der Waals surface area contributed by atoms with Crippen molar-refractivity contribution >= 4 is 28.3 Å². The maximum absolute atomic E-state index is 13.1. The Balaban J connectivity index is 1.90. The highest BCUT2D eigenvalue weighted by Gasteiger charge is 2.10. The zero-order chi connectivity index (χ0) is 14.1. The number of hydrogen-bond acceptors (Lipinski definition) is 3. The first-order chi connectivity index (χ1) is 9.63. The molecule has 1 aromatic heterocycles. The van der Waals surface area contributed by atoms with Gasteiger partial charge in [-0.15, -0.1) is 0 Å². The molecule has 0 spiro atoms. The number of hydrogen-bond donors (Lipinski definition) is 3. The van der Waals surface area contributed by atoms with Gasteiger partial charge in [0.25, 0.3) is 5.91 Å². The van der Waals surface area contributed by atoms with Gasteiger partial charge in [0, 0.05) is 5.56 Å². The average Bonchev–Trinajstić information content (AvgIpc) is 2.90. The molecule has 0 bridgehead atoms. The third-order valence-corrected chi connectivity index (χ3v) is 2.95. The zero-order valence-corrected chi connectivity index (χ0v) is 10.4. The van der Waals surface area contributed by atoms with Crippen LogP contribution in [0.5, 0.6) is 0 Å². The van der Waals surface area contributed by atoms with Gasteiger partial charge in [-0.25, -0.2) is 9.37 Å². The number of aromatic amines is 1. The molecule has 0 saturated heterocycles. The van der Waals surface area contributed by atoms with E-state index in [1.807, 2.05) is 0 Å². The predicted molar refractivity (Wildman–Crippen MR) is 74.9 cm³/mol. The number of fused-ring (bicyclic) bond motifs is 1. The van der Waals surface area contributed by atoms with Crippen LogP contribution < -0.4 is 11.1 Å². The lowest BCUT2D eigenvalue weighted by Gasteiger charge is -2.08. The topological polar surface area (TPSA) is 83.8 Å². The fourth-order valence-corrected chi connectivity index (χ4v) is 1.91. The normalized spacial score (nSPS) is 10.7. The van der Waals surface area contributed by atoms with Gasteiger partial charge in [0.1, 0.15) is 5.82 Å². The predicted octanol–water partition coefficient (Wildman–Crippen LogP) is 2.54. The Morgan fingerprint density at radius 1 is 1.25 bits per heavy atom. The van der Waals surface area contributed by atoms with Gasteiger partial charge in [0.05, 0.1) is 28.7 Å². The summed E-state index contributed by atoms with van der Waals surface area (Å²) in [4.78, 5) is 19.1. The number of nitrogens with two attached hydrogens (primary N) is 1. The number of H-pyrrole nitrogens is 1. The molecule has 1 amide bonds. The lowest BCUT2D eigenvalue weighted by atomic mass is 10.1. The van der Waals surface area contributed by atoms with Crippen molar-refractivity contribution in [1.29, 1.82) is 0 Å². The first kappa shape index (κ1) is 12.2. The van der Waals surface area contributed by atoms with E-state index in [1.165, 1.54) is 18.2 Å². The number of aromatic nitrogens is 2. The van der Waals surface area contributed by atoms with Crippen LogP contribution in [0.25, 0.3) is 11.0 Å². The molecule has 5 nitrogen and oxygen atoms in total. The maximum atomic E-state index is 13.1. The summed E-state index contributed by atoms with van der Waals surface area (Å²) in [5.41, 5.74) is 8.21. The molecule has 0 atom stereocenters. The average molecular weight is 270 g/mol. The molecule has 3 rings (SSSR count). The second-order valence-corrected chi connectivity index (χ2v) is 4.32. The molecule has 20 heavy (non-hydrogen) atoms. The Bertz CT molecular complexity index is 797. The van der Waals surface area contributed by atoms with Crippen molar-refractivity contribution in [2.24, 2.45) is 0 Å². The maximum Gasteiger partial charge on any atom is 0.255 e. The first-order valence-electron chi connectivity index (χ1n) is 5.93. The number of halogens is 1. The van der Waals surface area contributed by atoms with Crippen molar-refractivity contribution in [3.05, 3.63) is 54.1 Å². The molecule has 0 radical (unpaired) electrons. The quantitative estimate of drug-likeness (QED) is 0.626. The third kappa shape index (κ3) is 2.18. The Kier molecular flexibility index (Phi) is 2.83. The van der Waals surface area contributed by atoms with Gasteiger partial charge in [0.15, 0.2) is 0 Å². The van der Waals surface area contributed by atoms with Crippen LogP contribution in [-0.4, -0.2) is 15.9 Å². The van der Waals surface area contributed by atoms with Crippen LogP contribution in [0.1, 0.15) is 10.4 Å². The second-order valence-electron chi connectivity index (χ2n) is 4.32. The summed E-state index contributed by atoms with van der Waals surface area (Å²) in [6.45, 7) is 0. The lowest BCUT2D eigenvalue weighted by Crippen LogP contribution is -2.13. The highest BCUT2D eigenvalue weighted by Crippen LogP contribution is 2.20. The number of nitrogen functional groups attached to an aromatic ring is 1. The number of nitrogens with one attached hydrogen (secondary N) is 2. The molecule has 3 aromatic rings. The van der Waals surface area contributed by atoms with E-state index >= 15 is 0 Å². The van der Waals surface area contributed by atoms with Crippen molar-refractivity contribution in [3.8, 4) is 0 Å². The van der Waals surface area contributed by atoms with Gasteiger partial charge in [-0.3, -0.25) is 4.79 Å². The van der Waals surface area contributed by atoms with Crippen molar-refractivity contribution in [2.45, 2.75) is 0 Å². The zero-order valence-electron chi connectivity index (χ0n) is 10.4. The molecule has 2 aromatic carbocycles. The minimum Gasteiger partial charge on any atom is -0.397 e. The number of nitrogens with zero attached hydrogens (tertiary/aromatic N) is 1. The highest BCUT2D eigenvalue weighted by molar-refractivity contribution is 6.07. The molecule has 0 aliphatic rings. The lowest BCUT2D eigenvalue weighted by molar-refractivity contribution is 0.102. The summed E-state index contributed by atoms with van der Waals surface area (Å²) in [7, 11) is 0. The van der Waals surface area contributed by atoms with Crippen molar-refractivity contribution in [1.82, 2.24) is 9.97 Å². The molecule has 0 fully saturated rings.